The van der Waals surface area contributed by atoms with Gasteiger partial charge in [0, 0.05) is 17.4 Å². The molecule has 0 fully saturated rings. The first-order valence-corrected chi connectivity index (χ1v) is 9.20. The van der Waals surface area contributed by atoms with E-state index in [0.29, 0.717) is 22.9 Å². The van der Waals surface area contributed by atoms with Gasteiger partial charge < -0.3 is 15.4 Å². The molecule has 2 N–H and O–H groups in total. The lowest BCUT2D eigenvalue weighted by atomic mass is 10.1. The Kier molecular flexibility index (Phi) is 6.19. The third kappa shape index (κ3) is 4.95. The predicted octanol–water partition coefficient (Wildman–Crippen LogP) is 4.13. The highest BCUT2D eigenvalue weighted by atomic mass is 16.5. The van der Waals surface area contributed by atoms with E-state index >= 15 is 0 Å². The van der Waals surface area contributed by atoms with E-state index in [1.54, 1.807) is 37.3 Å². The van der Waals surface area contributed by atoms with E-state index in [1.807, 2.05) is 24.3 Å². The van der Waals surface area contributed by atoms with Crippen LogP contribution < -0.4 is 10.6 Å². The number of carbonyl (C=O) groups excluding carboxylic acids is 2. The monoisotopic (exact) mass is 390 g/mol. The van der Waals surface area contributed by atoms with Crippen LogP contribution in [0.2, 0.25) is 0 Å². The van der Waals surface area contributed by atoms with Crippen LogP contribution in [0.5, 0.6) is 0 Å². The molecule has 3 aromatic rings. The Balaban J connectivity index is 1.82. The molecule has 0 atom stereocenters. The molecule has 0 unspecified atom stereocenters. The molecule has 1 aromatic heterocycles. The molecule has 3 rings (SSSR count). The lowest BCUT2D eigenvalue weighted by Crippen LogP contribution is -2.16. The molecule has 0 aliphatic carbocycles. The van der Waals surface area contributed by atoms with Crippen molar-refractivity contribution < 1.29 is 14.3 Å². The van der Waals surface area contributed by atoms with E-state index in [4.69, 9.17) is 4.74 Å². The third-order valence-electron chi connectivity index (χ3n) is 4.27. The molecule has 2 aromatic carbocycles. The van der Waals surface area contributed by atoms with E-state index in [2.05, 4.69) is 27.5 Å². The van der Waals surface area contributed by atoms with Gasteiger partial charge >= 0.3 is 5.97 Å². The lowest BCUT2D eigenvalue weighted by molar-refractivity contribution is 0.0600. The molecule has 0 aliphatic heterocycles. The number of nitrogens with one attached hydrogen (secondary N) is 2. The molecule has 0 saturated heterocycles. The molecule has 0 saturated carbocycles. The Morgan fingerprint density at radius 2 is 1.83 bits per heavy atom. The molecule has 1 heterocycles. The van der Waals surface area contributed by atoms with Crippen molar-refractivity contribution in [3.8, 4) is 0 Å². The number of hydrogen-bond donors (Lipinski definition) is 2. The van der Waals surface area contributed by atoms with Gasteiger partial charge in [-0.25, -0.2) is 14.8 Å². The zero-order valence-corrected chi connectivity index (χ0v) is 16.5. The normalized spacial score (nSPS) is 10.3. The number of carbonyl (C=O) groups is 2. The second kappa shape index (κ2) is 8.97. The summed E-state index contributed by atoms with van der Waals surface area (Å²) in [4.78, 5) is 33.0. The van der Waals surface area contributed by atoms with Crippen molar-refractivity contribution in [2.24, 2.45) is 0 Å². The quantitative estimate of drug-likeness (QED) is 0.615. The molecule has 0 bridgehead atoms. The van der Waals surface area contributed by atoms with Crippen LogP contribution in [0.3, 0.4) is 0 Å². The highest BCUT2D eigenvalue weighted by Crippen LogP contribution is 2.21. The predicted molar refractivity (Wildman–Crippen MR) is 112 cm³/mol. The number of para-hydroxylation sites is 1. The van der Waals surface area contributed by atoms with Gasteiger partial charge in [-0.3, -0.25) is 4.79 Å². The number of aromatic nitrogens is 2. The Morgan fingerprint density at radius 1 is 1.03 bits per heavy atom. The molecule has 7 nitrogen and oxygen atoms in total. The topological polar surface area (TPSA) is 93.2 Å². The molecule has 7 heteroatoms. The number of amides is 1. The fourth-order valence-electron chi connectivity index (χ4n) is 2.87. The van der Waals surface area contributed by atoms with Crippen molar-refractivity contribution in [1.29, 1.82) is 0 Å². The minimum absolute atomic E-state index is 0.220. The van der Waals surface area contributed by atoms with Gasteiger partial charge in [0.2, 0.25) is 0 Å². The summed E-state index contributed by atoms with van der Waals surface area (Å²) in [6.07, 6.45) is 0.872. The van der Waals surface area contributed by atoms with Crippen LogP contribution >= 0.6 is 0 Å². The summed E-state index contributed by atoms with van der Waals surface area (Å²) in [7, 11) is 1.31. The molecule has 1 amide bonds. The minimum Gasteiger partial charge on any atom is -0.465 e. The van der Waals surface area contributed by atoms with Crippen molar-refractivity contribution in [3.63, 3.8) is 0 Å². The molecular weight excluding hydrogens is 368 g/mol. The van der Waals surface area contributed by atoms with Crippen LogP contribution in [-0.2, 0) is 11.2 Å². The van der Waals surface area contributed by atoms with Crippen LogP contribution in [0.15, 0.2) is 54.6 Å². The summed E-state index contributed by atoms with van der Waals surface area (Å²) in [5.74, 6) is 0.133. The van der Waals surface area contributed by atoms with E-state index in [1.165, 1.54) is 7.11 Å². The zero-order valence-electron chi connectivity index (χ0n) is 16.5. The number of hydrogen-bond acceptors (Lipinski definition) is 6. The summed E-state index contributed by atoms with van der Waals surface area (Å²) in [6, 6.07) is 16.0. The van der Waals surface area contributed by atoms with Crippen LogP contribution in [0.4, 0.5) is 17.2 Å². The fraction of sp³-hybridized carbons (Fsp3) is 0.182. The molecular formula is C22H22N4O3. The smallest absolute Gasteiger partial charge is 0.337 e. The van der Waals surface area contributed by atoms with Gasteiger partial charge in [-0.05, 0) is 43.2 Å². The summed E-state index contributed by atoms with van der Waals surface area (Å²) < 4.78 is 4.71. The lowest BCUT2D eigenvalue weighted by Gasteiger charge is -2.12. The van der Waals surface area contributed by atoms with E-state index in [0.717, 1.165) is 17.7 Å². The van der Waals surface area contributed by atoms with Gasteiger partial charge in [0.05, 0.1) is 12.7 Å². The average Bonchev–Trinajstić information content (AvgIpc) is 2.73. The molecule has 29 heavy (non-hydrogen) atoms. The number of aryl methyl sites for hydroxylation is 2. The summed E-state index contributed by atoms with van der Waals surface area (Å²) in [5.41, 5.74) is 3.12. The summed E-state index contributed by atoms with van der Waals surface area (Å²) in [6.45, 7) is 3.80. The van der Waals surface area contributed by atoms with Gasteiger partial charge in [0.15, 0.2) is 0 Å². The second-order valence-corrected chi connectivity index (χ2v) is 6.35. The maximum absolute atomic E-state index is 12.7. The zero-order chi connectivity index (χ0) is 20.8. The number of anilines is 3. The number of rotatable bonds is 6. The van der Waals surface area contributed by atoms with Gasteiger partial charge in [-0.15, -0.1) is 0 Å². The van der Waals surface area contributed by atoms with E-state index in [9.17, 15) is 9.59 Å². The molecule has 0 radical (unpaired) electrons. The third-order valence-corrected chi connectivity index (χ3v) is 4.27. The number of nitrogens with zero attached hydrogens (tertiary/aromatic N) is 2. The Morgan fingerprint density at radius 3 is 2.59 bits per heavy atom. The van der Waals surface area contributed by atoms with Crippen molar-refractivity contribution in [1.82, 2.24) is 9.97 Å². The van der Waals surface area contributed by atoms with Crippen molar-refractivity contribution >= 4 is 29.1 Å². The van der Waals surface area contributed by atoms with E-state index < -0.39 is 11.9 Å². The van der Waals surface area contributed by atoms with Gasteiger partial charge in [0.25, 0.3) is 5.91 Å². The van der Waals surface area contributed by atoms with Crippen LogP contribution in [0.1, 0.15) is 39.2 Å². The molecule has 0 spiro atoms. The van der Waals surface area contributed by atoms with Crippen LogP contribution in [0.25, 0.3) is 0 Å². The largest absolute Gasteiger partial charge is 0.465 e. The van der Waals surface area contributed by atoms with Crippen LogP contribution in [-0.4, -0.2) is 29.0 Å². The first-order chi connectivity index (χ1) is 14.0. The Bertz CT molecular complexity index is 1050. The van der Waals surface area contributed by atoms with Crippen molar-refractivity contribution in [3.05, 3.63) is 77.2 Å². The van der Waals surface area contributed by atoms with Gasteiger partial charge in [0.1, 0.15) is 17.3 Å². The van der Waals surface area contributed by atoms with Crippen molar-refractivity contribution in [2.75, 3.05) is 17.7 Å². The second-order valence-electron chi connectivity index (χ2n) is 6.35. The minimum atomic E-state index is -0.472. The molecule has 148 valence electrons. The number of benzene rings is 2. The summed E-state index contributed by atoms with van der Waals surface area (Å²) >= 11 is 0. The van der Waals surface area contributed by atoms with Crippen molar-refractivity contribution in [2.45, 2.75) is 20.3 Å². The van der Waals surface area contributed by atoms with E-state index in [-0.39, 0.29) is 5.69 Å². The highest BCUT2D eigenvalue weighted by Gasteiger charge is 2.13. The highest BCUT2D eigenvalue weighted by molar-refractivity contribution is 6.04. The first-order valence-electron chi connectivity index (χ1n) is 9.20. The van der Waals surface area contributed by atoms with Gasteiger partial charge in [-0.2, -0.15) is 0 Å². The maximum atomic E-state index is 12.7. The SMILES string of the molecule is CCc1ccccc1Nc1cc(C(=O)Nc2cccc(C(=O)OC)c2)nc(C)n1. The maximum Gasteiger partial charge on any atom is 0.337 e. The first kappa shape index (κ1) is 20.0. The standard InChI is InChI=1S/C22H22N4O3/c1-4-15-8-5-6-11-18(15)26-20-13-19(23-14(2)24-20)21(27)25-17-10-7-9-16(12-17)22(28)29-3/h5-13H,4H2,1-3H3,(H,25,27)(H,23,24,26). The summed E-state index contributed by atoms with van der Waals surface area (Å²) in [5, 5.41) is 6.02. The van der Waals surface area contributed by atoms with Crippen LogP contribution in [0, 0.1) is 6.92 Å². The average molecular weight is 390 g/mol. The number of ether oxygens (including phenoxy) is 1. The number of esters is 1. The Labute approximate surface area is 169 Å². The molecule has 0 aliphatic rings. The van der Waals surface area contributed by atoms with Gasteiger partial charge in [-0.1, -0.05) is 31.2 Å². The Hall–Kier alpha value is -3.74. The fourth-order valence-corrected chi connectivity index (χ4v) is 2.87. The number of methoxy groups -OCH3 is 1.